The highest BCUT2D eigenvalue weighted by Gasteiger charge is 2.15. The van der Waals surface area contributed by atoms with Gasteiger partial charge < -0.3 is 20.9 Å². The lowest BCUT2D eigenvalue weighted by Gasteiger charge is -2.13. The van der Waals surface area contributed by atoms with Gasteiger partial charge in [0.25, 0.3) is 5.91 Å². The number of anilines is 1. The number of aliphatic hydroxyl groups excluding tert-OH is 1. The van der Waals surface area contributed by atoms with Crippen LogP contribution < -0.4 is 15.8 Å². The van der Waals surface area contributed by atoms with Crippen LogP contribution in [0.4, 0.5) is 5.69 Å². The molecule has 5 nitrogen and oxygen atoms in total. The second kappa shape index (κ2) is 6.22. The van der Waals surface area contributed by atoms with E-state index >= 15 is 0 Å². The molecule has 0 aromatic heterocycles. The van der Waals surface area contributed by atoms with E-state index in [0.29, 0.717) is 11.4 Å². The Bertz CT molecular complexity index is 393. The molecule has 1 amide bonds. The summed E-state index contributed by atoms with van der Waals surface area (Å²) in [5.74, 6) is 0.0267. The first kappa shape index (κ1) is 13.5. The first-order valence-electron chi connectivity index (χ1n) is 5.48. The normalized spacial score (nSPS) is 12.0. The van der Waals surface area contributed by atoms with Crippen LogP contribution in [0.2, 0.25) is 0 Å². The van der Waals surface area contributed by atoms with Crippen LogP contribution in [0.25, 0.3) is 0 Å². The lowest BCUT2D eigenvalue weighted by Crippen LogP contribution is -2.34. The van der Waals surface area contributed by atoms with E-state index in [2.05, 4.69) is 5.32 Å². The molecule has 0 aliphatic rings. The summed E-state index contributed by atoms with van der Waals surface area (Å²) < 4.78 is 5.13. The lowest BCUT2D eigenvalue weighted by atomic mass is 10.1. The molecule has 17 heavy (non-hydrogen) atoms. The molecule has 4 N–H and O–H groups in total. The van der Waals surface area contributed by atoms with Crippen LogP contribution in [-0.4, -0.2) is 30.8 Å². The Hall–Kier alpha value is -1.59. The van der Waals surface area contributed by atoms with Gasteiger partial charge in [-0.05, 0) is 24.1 Å². The maximum atomic E-state index is 11.5. The summed E-state index contributed by atoms with van der Waals surface area (Å²) in [6.45, 7) is 1.91. The number of rotatable bonds is 5. The second-order valence-corrected chi connectivity index (χ2v) is 3.63. The first-order valence-corrected chi connectivity index (χ1v) is 5.48. The molecular weight excluding hydrogens is 220 g/mol. The maximum absolute atomic E-state index is 11.5. The number of benzene rings is 1. The largest absolute Gasteiger partial charge is 0.495 e. The maximum Gasteiger partial charge on any atom is 0.254 e. The third-order valence-electron chi connectivity index (χ3n) is 2.46. The average Bonchev–Trinajstić information content (AvgIpc) is 2.37. The first-order chi connectivity index (χ1) is 8.12. The van der Waals surface area contributed by atoms with Crippen LogP contribution in [0.5, 0.6) is 5.75 Å². The Balaban J connectivity index is 2.91. The predicted octanol–water partition coefficient (Wildman–Crippen LogP) is 0.516. The third kappa shape index (κ3) is 3.44. The van der Waals surface area contributed by atoms with Crippen LogP contribution >= 0.6 is 0 Å². The fourth-order valence-corrected chi connectivity index (χ4v) is 1.40. The molecule has 1 aromatic rings. The van der Waals surface area contributed by atoms with Gasteiger partial charge in [-0.1, -0.05) is 13.0 Å². The van der Waals surface area contributed by atoms with Gasteiger partial charge in [0, 0.05) is 6.54 Å². The van der Waals surface area contributed by atoms with Crippen molar-refractivity contribution >= 4 is 11.6 Å². The minimum absolute atomic E-state index is 0.110. The van der Waals surface area contributed by atoms with E-state index in [0.717, 1.165) is 12.0 Å². The highest BCUT2D eigenvalue weighted by molar-refractivity contribution is 5.95. The Kier molecular flexibility index (Phi) is 4.93. The van der Waals surface area contributed by atoms with Crippen molar-refractivity contribution in [3.63, 3.8) is 0 Å². The number of carbonyl (C=O) groups is 1. The summed E-state index contributed by atoms with van der Waals surface area (Å²) in [5.41, 5.74) is 6.83. The van der Waals surface area contributed by atoms with Crippen LogP contribution in [0.15, 0.2) is 18.2 Å². The van der Waals surface area contributed by atoms with Crippen molar-refractivity contribution in [3.8, 4) is 5.75 Å². The van der Waals surface area contributed by atoms with Crippen LogP contribution in [-0.2, 0) is 11.2 Å². The fourth-order valence-electron chi connectivity index (χ4n) is 1.40. The molecule has 1 unspecified atom stereocenters. The van der Waals surface area contributed by atoms with E-state index in [1.807, 2.05) is 19.1 Å². The number of hydrogen-bond acceptors (Lipinski definition) is 4. The Morgan fingerprint density at radius 2 is 2.29 bits per heavy atom. The zero-order valence-corrected chi connectivity index (χ0v) is 10.1. The second-order valence-electron chi connectivity index (χ2n) is 3.63. The summed E-state index contributed by atoms with van der Waals surface area (Å²) in [4.78, 5) is 11.5. The van der Waals surface area contributed by atoms with Crippen molar-refractivity contribution in [2.24, 2.45) is 5.73 Å². The molecule has 0 aliphatic heterocycles. The molecule has 0 fully saturated rings. The Morgan fingerprint density at radius 1 is 1.59 bits per heavy atom. The van der Waals surface area contributed by atoms with Crippen molar-refractivity contribution in [3.05, 3.63) is 23.8 Å². The van der Waals surface area contributed by atoms with E-state index in [9.17, 15) is 9.90 Å². The highest BCUT2D eigenvalue weighted by atomic mass is 16.5. The van der Waals surface area contributed by atoms with Crippen molar-refractivity contribution in [1.29, 1.82) is 0 Å². The zero-order chi connectivity index (χ0) is 12.8. The monoisotopic (exact) mass is 238 g/mol. The SMILES string of the molecule is CCc1ccc(OC)c(NC(=O)C(O)CN)c1. The molecule has 0 radical (unpaired) electrons. The van der Waals surface area contributed by atoms with Gasteiger partial charge in [-0.3, -0.25) is 4.79 Å². The summed E-state index contributed by atoms with van der Waals surface area (Å²) in [6, 6.07) is 5.52. The Morgan fingerprint density at radius 3 is 2.82 bits per heavy atom. The summed E-state index contributed by atoms with van der Waals surface area (Å²) in [5, 5.41) is 11.9. The number of nitrogens with two attached hydrogens (primary N) is 1. The molecule has 1 aromatic carbocycles. The minimum atomic E-state index is -1.20. The Labute approximate surface area is 101 Å². The van der Waals surface area contributed by atoms with Crippen molar-refractivity contribution in [2.45, 2.75) is 19.4 Å². The number of amides is 1. The molecule has 0 aliphatic carbocycles. The van der Waals surface area contributed by atoms with Gasteiger partial charge >= 0.3 is 0 Å². The molecule has 0 saturated heterocycles. The smallest absolute Gasteiger partial charge is 0.254 e. The number of aryl methyl sites for hydroxylation is 1. The lowest BCUT2D eigenvalue weighted by molar-refractivity contribution is -0.123. The molecule has 0 bridgehead atoms. The highest BCUT2D eigenvalue weighted by Crippen LogP contribution is 2.25. The number of methoxy groups -OCH3 is 1. The van der Waals surface area contributed by atoms with E-state index in [1.54, 1.807) is 6.07 Å². The average molecular weight is 238 g/mol. The van der Waals surface area contributed by atoms with Crippen molar-refractivity contribution < 1.29 is 14.6 Å². The van der Waals surface area contributed by atoms with Crippen molar-refractivity contribution in [1.82, 2.24) is 0 Å². The number of hydrogen-bond donors (Lipinski definition) is 3. The standard InChI is InChI=1S/C12H18N2O3/c1-3-8-4-5-11(17-2)9(6-8)14-12(16)10(15)7-13/h4-6,10,15H,3,7,13H2,1-2H3,(H,14,16). The van der Waals surface area contributed by atoms with Gasteiger partial charge in [0.1, 0.15) is 11.9 Å². The summed E-state index contributed by atoms with van der Waals surface area (Å²) in [7, 11) is 1.52. The van der Waals surface area contributed by atoms with Crippen molar-refractivity contribution in [2.75, 3.05) is 19.0 Å². The molecule has 1 rings (SSSR count). The number of ether oxygens (including phenoxy) is 1. The van der Waals surface area contributed by atoms with Gasteiger partial charge in [-0.25, -0.2) is 0 Å². The van der Waals surface area contributed by atoms with Crippen LogP contribution in [0.1, 0.15) is 12.5 Å². The quantitative estimate of drug-likeness (QED) is 0.698. The van der Waals surface area contributed by atoms with Gasteiger partial charge in [0.05, 0.1) is 12.8 Å². The number of nitrogens with one attached hydrogen (secondary N) is 1. The molecule has 94 valence electrons. The van der Waals surface area contributed by atoms with Crippen LogP contribution in [0.3, 0.4) is 0 Å². The van der Waals surface area contributed by atoms with Gasteiger partial charge in [-0.15, -0.1) is 0 Å². The predicted molar refractivity (Wildman–Crippen MR) is 66.1 cm³/mol. The molecular formula is C12H18N2O3. The van der Waals surface area contributed by atoms with E-state index in [4.69, 9.17) is 10.5 Å². The zero-order valence-electron chi connectivity index (χ0n) is 10.1. The van der Waals surface area contributed by atoms with E-state index < -0.39 is 12.0 Å². The van der Waals surface area contributed by atoms with Crippen LogP contribution in [0, 0.1) is 0 Å². The van der Waals surface area contributed by atoms with E-state index in [-0.39, 0.29) is 6.54 Å². The molecule has 1 atom stereocenters. The fraction of sp³-hybridized carbons (Fsp3) is 0.417. The van der Waals surface area contributed by atoms with Gasteiger partial charge in [-0.2, -0.15) is 0 Å². The summed E-state index contributed by atoms with van der Waals surface area (Å²) in [6.07, 6.45) is -0.350. The number of aliphatic hydroxyl groups is 1. The summed E-state index contributed by atoms with van der Waals surface area (Å²) >= 11 is 0. The molecule has 0 spiro atoms. The molecule has 0 heterocycles. The van der Waals surface area contributed by atoms with E-state index in [1.165, 1.54) is 7.11 Å². The van der Waals surface area contributed by atoms with Gasteiger partial charge in [0.2, 0.25) is 0 Å². The number of carbonyl (C=O) groups excluding carboxylic acids is 1. The topological polar surface area (TPSA) is 84.6 Å². The molecule has 5 heteroatoms. The van der Waals surface area contributed by atoms with Gasteiger partial charge in [0.15, 0.2) is 0 Å². The molecule has 0 saturated carbocycles. The minimum Gasteiger partial charge on any atom is -0.495 e. The third-order valence-corrected chi connectivity index (χ3v) is 2.46.